The average Bonchev–Trinajstić information content (AvgIpc) is 2.58. The zero-order valence-electron chi connectivity index (χ0n) is 12.5. The van der Waals surface area contributed by atoms with E-state index in [9.17, 15) is 4.79 Å². The number of para-hydroxylation sites is 1. The summed E-state index contributed by atoms with van der Waals surface area (Å²) >= 11 is 0. The highest BCUT2D eigenvalue weighted by atomic mass is 16.5. The van der Waals surface area contributed by atoms with Crippen LogP contribution in [0.1, 0.15) is 12.5 Å². The van der Waals surface area contributed by atoms with Gasteiger partial charge in [0.2, 0.25) is 11.8 Å². The second-order valence-electron chi connectivity index (χ2n) is 4.35. The predicted octanol–water partition coefficient (Wildman–Crippen LogP) is 1.57. The summed E-state index contributed by atoms with van der Waals surface area (Å²) in [4.78, 5) is 19.7. The van der Waals surface area contributed by atoms with Crippen LogP contribution in [0.25, 0.3) is 0 Å². The van der Waals surface area contributed by atoms with Crippen LogP contribution in [0.5, 0.6) is 11.6 Å². The van der Waals surface area contributed by atoms with E-state index in [2.05, 4.69) is 20.8 Å². The third kappa shape index (κ3) is 4.34. The lowest BCUT2D eigenvalue weighted by Gasteiger charge is -2.11. The molecule has 0 radical (unpaired) electrons. The van der Waals surface area contributed by atoms with Crippen molar-refractivity contribution in [3.05, 3.63) is 42.1 Å². The number of hydrogen-bond donors (Lipinski definition) is 2. The van der Waals surface area contributed by atoms with Gasteiger partial charge in [-0.3, -0.25) is 15.6 Å². The maximum absolute atomic E-state index is 11.8. The first kappa shape index (κ1) is 15.6. The molecular formula is C15H18N4O3. The predicted molar refractivity (Wildman–Crippen MR) is 81.7 cm³/mol. The Labute approximate surface area is 128 Å². The molecule has 0 aliphatic carbocycles. The van der Waals surface area contributed by atoms with E-state index in [-0.39, 0.29) is 18.5 Å². The minimum atomic E-state index is -0.336. The van der Waals surface area contributed by atoms with Gasteiger partial charge in [-0.2, -0.15) is 4.98 Å². The van der Waals surface area contributed by atoms with Crippen LogP contribution in [-0.2, 0) is 11.2 Å². The van der Waals surface area contributed by atoms with Gasteiger partial charge in [-0.15, -0.1) is 0 Å². The molecule has 0 unspecified atom stereocenters. The highest BCUT2D eigenvalue weighted by Crippen LogP contribution is 2.17. The third-order valence-electron chi connectivity index (χ3n) is 2.87. The van der Waals surface area contributed by atoms with Crippen molar-refractivity contribution in [2.24, 2.45) is 0 Å². The molecule has 116 valence electrons. The fraction of sp³-hybridized carbons (Fsp3) is 0.267. The van der Waals surface area contributed by atoms with Crippen molar-refractivity contribution in [1.82, 2.24) is 15.4 Å². The minimum absolute atomic E-state index is 0.103. The first-order chi connectivity index (χ1) is 10.7. The Balaban J connectivity index is 1.83. The lowest BCUT2D eigenvalue weighted by Crippen LogP contribution is -2.34. The lowest BCUT2D eigenvalue weighted by molar-refractivity contribution is -0.122. The van der Waals surface area contributed by atoms with Gasteiger partial charge in [-0.1, -0.05) is 25.1 Å². The summed E-state index contributed by atoms with van der Waals surface area (Å²) < 4.78 is 10.5. The van der Waals surface area contributed by atoms with Crippen molar-refractivity contribution in [3.8, 4) is 11.6 Å². The van der Waals surface area contributed by atoms with Crippen molar-refractivity contribution >= 4 is 11.9 Å². The smallest absolute Gasteiger partial charge is 0.276 e. The summed E-state index contributed by atoms with van der Waals surface area (Å²) in [6, 6.07) is 9.22. The normalized spacial score (nSPS) is 9.91. The molecule has 1 amide bonds. The van der Waals surface area contributed by atoms with Crippen molar-refractivity contribution in [2.75, 3.05) is 19.1 Å². The van der Waals surface area contributed by atoms with E-state index >= 15 is 0 Å². The highest BCUT2D eigenvalue weighted by Gasteiger charge is 2.06. The number of nitrogens with zero attached hydrogens (tertiary/aromatic N) is 2. The van der Waals surface area contributed by atoms with E-state index < -0.39 is 0 Å². The molecular weight excluding hydrogens is 284 g/mol. The quantitative estimate of drug-likeness (QED) is 0.755. The summed E-state index contributed by atoms with van der Waals surface area (Å²) in [5, 5.41) is 0. The third-order valence-corrected chi connectivity index (χ3v) is 2.87. The zero-order chi connectivity index (χ0) is 15.8. The lowest BCUT2D eigenvalue weighted by atomic mass is 10.1. The van der Waals surface area contributed by atoms with Crippen LogP contribution in [-0.4, -0.2) is 29.6 Å². The standard InChI is InChI=1S/C15H18N4O3/c1-3-11-6-4-5-7-12(11)22-10-13(20)18-19-15-16-9-8-14(17-15)21-2/h4-9H,3,10H2,1-2H3,(H,18,20)(H,16,17,19). The summed E-state index contributed by atoms with van der Waals surface area (Å²) in [5.41, 5.74) is 6.12. The van der Waals surface area contributed by atoms with Crippen LogP contribution in [0.3, 0.4) is 0 Å². The average molecular weight is 302 g/mol. The molecule has 2 rings (SSSR count). The number of benzene rings is 1. The first-order valence-electron chi connectivity index (χ1n) is 6.85. The Hall–Kier alpha value is -2.83. The van der Waals surface area contributed by atoms with E-state index in [0.717, 1.165) is 12.0 Å². The molecule has 1 aromatic heterocycles. The molecule has 0 bridgehead atoms. The second-order valence-corrected chi connectivity index (χ2v) is 4.35. The molecule has 7 heteroatoms. The highest BCUT2D eigenvalue weighted by molar-refractivity contribution is 5.78. The van der Waals surface area contributed by atoms with Gasteiger partial charge in [-0.25, -0.2) is 4.98 Å². The van der Waals surface area contributed by atoms with Gasteiger partial charge >= 0.3 is 0 Å². The van der Waals surface area contributed by atoms with E-state index in [1.807, 2.05) is 31.2 Å². The van der Waals surface area contributed by atoms with Gasteiger partial charge in [0.05, 0.1) is 7.11 Å². The van der Waals surface area contributed by atoms with Crippen molar-refractivity contribution in [3.63, 3.8) is 0 Å². The SMILES string of the molecule is CCc1ccccc1OCC(=O)NNc1nccc(OC)n1. The number of hydrazine groups is 1. The van der Waals surface area contributed by atoms with Gasteiger partial charge in [0.15, 0.2) is 6.61 Å². The number of methoxy groups -OCH3 is 1. The largest absolute Gasteiger partial charge is 0.483 e. The van der Waals surface area contributed by atoms with Gasteiger partial charge in [0, 0.05) is 12.3 Å². The Morgan fingerprint density at radius 3 is 2.86 bits per heavy atom. The number of ether oxygens (including phenoxy) is 2. The van der Waals surface area contributed by atoms with Crippen LogP contribution < -0.4 is 20.3 Å². The molecule has 0 saturated heterocycles. The Morgan fingerprint density at radius 1 is 1.27 bits per heavy atom. The summed E-state index contributed by atoms with van der Waals surface area (Å²) in [6.07, 6.45) is 2.36. The summed E-state index contributed by atoms with van der Waals surface area (Å²) in [5.74, 6) is 1.01. The Morgan fingerprint density at radius 2 is 2.09 bits per heavy atom. The molecule has 0 fully saturated rings. The molecule has 7 nitrogen and oxygen atoms in total. The molecule has 2 N–H and O–H groups in total. The number of anilines is 1. The molecule has 22 heavy (non-hydrogen) atoms. The molecule has 0 aliphatic heterocycles. The Kier molecular flexibility index (Phi) is 5.53. The topological polar surface area (TPSA) is 85.4 Å². The van der Waals surface area contributed by atoms with Crippen LogP contribution in [0.15, 0.2) is 36.5 Å². The van der Waals surface area contributed by atoms with Gasteiger partial charge in [0.25, 0.3) is 5.91 Å². The maximum Gasteiger partial charge on any atom is 0.276 e. The van der Waals surface area contributed by atoms with Crippen LogP contribution in [0.4, 0.5) is 5.95 Å². The van der Waals surface area contributed by atoms with Crippen LogP contribution >= 0.6 is 0 Å². The van der Waals surface area contributed by atoms with Gasteiger partial charge in [0.1, 0.15) is 5.75 Å². The zero-order valence-corrected chi connectivity index (χ0v) is 12.5. The molecule has 1 aromatic carbocycles. The first-order valence-corrected chi connectivity index (χ1v) is 6.85. The van der Waals surface area contributed by atoms with Crippen LogP contribution in [0.2, 0.25) is 0 Å². The fourth-order valence-corrected chi connectivity index (χ4v) is 1.76. The molecule has 0 saturated carbocycles. The second kappa shape index (κ2) is 7.82. The number of hydrogen-bond acceptors (Lipinski definition) is 6. The maximum atomic E-state index is 11.8. The number of carbonyl (C=O) groups is 1. The summed E-state index contributed by atoms with van der Waals surface area (Å²) in [7, 11) is 1.50. The number of rotatable bonds is 7. The number of aromatic nitrogens is 2. The van der Waals surface area contributed by atoms with Crippen molar-refractivity contribution < 1.29 is 14.3 Å². The van der Waals surface area contributed by atoms with E-state index in [0.29, 0.717) is 11.6 Å². The molecule has 0 aliphatic rings. The number of carbonyl (C=O) groups excluding carboxylic acids is 1. The van der Waals surface area contributed by atoms with Gasteiger partial charge < -0.3 is 9.47 Å². The molecule has 0 spiro atoms. The van der Waals surface area contributed by atoms with Crippen molar-refractivity contribution in [1.29, 1.82) is 0 Å². The van der Waals surface area contributed by atoms with Crippen molar-refractivity contribution in [2.45, 2.75) is 13.3 Å². The van der Waals surface area contributed by atoms with Crippen LogP contribution in [0, 0.1) is 0 Å². The Bertz CT molecular complexity index is 634. The number of nitrogens with one attached hydrogen (secondary N) is 2. The number of aryl methyl sites for hydroxylation is 1. The summed E-state index contributed by atoms with van der Waals surface area (Å²) in [6.45, 7) is 1.93. The minimum Gasteiger partial charge on any atom is -0.483 e. The molecule has 0 atom stereocenters. The monoisotopic (exact) mass is 302 g/mol. The van der Waals surface area contributed by atoms with E-state index in [1.165, 1.54) is 13.3 Å². The van der Waals surface area contributed by atoms with Gasteiger partial charge in [-0.05, 0) is 18.1 Å². The number of amides is 1. The fourth-order valence-electron chi connectivity index (χ4n) is 1.76. The van der Waals surface area contributed by atoms with E-state index in [1.54, 1.807) is 6.07 Å². The molecule has 1 heterocycles. The molecule has 2 aromatic rings. The van der Waals surface area contributed by atoms with E-state index in [4.69, 9.17) is 9.47 Å².